The van der Waals surface area contributed by atoms with Crippen LogP contribution in [0, 0.1) is 5.82 Å². The summed E-state index contributed by atoms with van der Waals surface area (Å²) in [5.41, 5.74) is 0.616. The molecule has 0 radical (unpaired) electrons. The first-order valence-electron chi connectivity index (χ1n) is 7.56. The largest absolute Gasteiger partial charge is 0.457 e. The number of carbonyl (C=O) groups excluding carboxylic acids is 1. The standard InChI is InChI=1S/C18H18FNO3/c1-13-12-20(10-11-22-13)18(21)14-2-6-16(7-3-14)23-17-8-4-15(19)5-9-17/h2-9,13H,10-12H2,1H3/t13-/m1/s1. The predicted octanol–water partition coefficient (Wildman–Crippen LogP) is 3.48. The molecule has 0 aliphatic carbocycles. The Morgan fingerprint density at radius 3 is 2.35 bits per heavy atom. The zero-order valence-corrected chi connectivity index (χ0v) is 12.9. The number of ether oxygens (including phenoxy) is 2. The molecule has 23 heavy (non-hydrogen) atoms. The van der Waals surface area contributed by atoms with Gasteiger partial charge < -0.3 is 14.4 Å². The van der Waals surface area contributed by atoms with Gasteiger partial charge in [0.05, 0.1) is 12.7 Å². The molecule has 1 atom stereocenters. The van der Waals surface area contributed by atoms with Gasteiger partial charge in [0, 0.05) is 18.7 Å². The second-order valence-corrected chi connectivity index (χ2v) is 5.51. The van der Waals surface area contributed by atoms with Crippen molar-refractivity contribution < 1.29 is 18.7 Å². The first-order chi connectivity index (χ1) is 11.1. The second-order valence-electron chi connectivity index (χ2n) is 5.51. The average molecular weight is 315 g/mol. The van der Waals surface area contributed by atoms with Gasteiger partial charge in [0.2, 0.25) is 0 Å². The van der Waals surface area contributed by atoms with Crippen molar-refractivity contribution in [1.82, 2.24) is 4.90 Å². The molecule has 2 aromatic rings. The molecule has 3 rings (SSSR count). The van der Waals surface area contributed by atoms with E-state index in [9.17, 15) is 9.18 Å². The maximum atomic E-state index is 12.9. The lowest BCUT2D eigenvalue weighted by atomic mass is 10.1. The summed E-state index contributed by atoms with van der Waals surface area (Å²) in [4.78, 5) is 14.2. The molecule has 0 unspecified atom stereocenters. The molecular formula is C18H18FNO3. The van der Waals surface area contributed by atoms with E-state index in [4.69, 9.17) is 9.47 Å². The molecule has 4 nitrogen and oxygen atoms in total. The van der Waals surface area contributed by atoms with Crippen LogP contribution in [0.5, 0.6) is 11.5 Å². The van der Waals surface area contributed by atoms with E-state index in [0.717, 1.165) is 0 Å². The van der Waals surface area contributed by atoms with Crippen LogP contribution in [0.1, 0.15) is 17.3 Å². The molecule has 120 valence electrons. The lowest BCUT2D eigenvalue weighted by Crippen LogP contribution is -2.44. The van der Waals surface area contributed by atoms with Gasteiger partial charge in [-0.15, -0.1) is 0 Å². The first-order valence-corrected chi connectivity index (χ1v) is 7.56. The highest BCUT2D eigenvalue weighted by molar-refractivity contribution is 5.94. The van der Waals surface area contributed by atoms with E-state index >= 15 is 0 Å². The Balaban J connectivity index is 1.66. The van der Waals surface area contributed by atoms with Gasteiger partial charge in [-0.05, 0) is 55.5 Å². The Hall–Kier alpha value is -2.40. The van der Waals surface area contributed by atoms with Crippen molar-refractivity contribution in [3.8, 4) is 11.5 Å². The van der Waals surface area contributed by atoms with Crippen LogP contribution in [0.3, 0.4) is 0 Å². The fraction of sp³-hybridized carbons (Fsp3) is 0.278. The zero-order chi connectivity index (χ0) is 16.2. The monoisotopic (exact) mass is 315 g/mol. The van der Waals surface area contributed by atoms with Crippen molar-refractivity contribution in [2.75, 3.05) is 19.7 Å². The van der Waals surface area contributed by atoms with Crippen molar-refractivity contribution in [3.05, 3.63) is 59.9 Å². The summed E-state index contributed by atoms with van der Waals surface area (Å²) in [5, 5.41) is 0. The predicted molar refractivity (Wildman–Crippen MR) is 84.2 cm³/mol. The van der Waals surface area contributed by atoms with Gasteiger partial charge in [-0.1, -0.05) is 0 Å². The summed E-state index contributed by atoms with van der Waals surface area (Å²) in [6.07, 6.45) is 0.0637. The molecule has 0 aromatic heterocycles. The van der Waals surface area contributed by atoms with Crippen molar-refractivity contribution in [3.63, 3.8) is 0 Å². The number of hydrogen-bond donors (Lipinski definition) is 0. The van der Waals surface area contributed by atoms with Crippen LogP contribution >= 0.6 is 0 Å². The number of carbonyl (C=O) groups is 1. The summed E-state index contributed by atoms with van der Waals surface area (Å²) in [6.45, 7) is 3.74. The molecule has 1 aliphatic heterocycles. The van der Waals surface area contributed by atoms with Crippen LogP contribution in [0.4, 0.5) is 4.39 Å². The van der Waals surface area contributed by atoms with Crippen molar-refractivity contribution in [2.45, 2.75) is 13.0 Å². The normalized spacial score (nSPS) is 17.8. The van der Waals surface area contributed by atoms with E-state index in [1.807, 2.05) is 6.92 Å². The van der Waals surface area contributed by atoms with Gasteiger partial charge in [0.1, 0.15) is 17.3 Å². The van der Waals surface area contributed by atoms with Crippen LogP contribution in [0.2, 0.25) is 0 Å². The zero-order valence-electron chi connectivity index (χ0n) is 12.9. The van der Waals surface area contributed by atoms with Crippen molar-refractivity contribution in [1.29, 1.82) is 0 Å². The fourth-order valence-corrected chi connectivity index (χ4v) is 2.49. The second kappa shape index (κ2) is 6.79. The van der Waals surface area contributed by atoms with Crippen LogP contribution in [-0.2, 0) is 4.74 Å². The van der Waals surface area contributed by atoms with Crippen LogP contribution < -0.4 is 4.74 Å². The summed E-state index contributed by atoms with van der Waals surface area (Å²) in [7, 11) is 0. The first kappa shape index (κ1) is 15.5. The highest BCUT2D eigenvalue weighted by Gasteiger charge is 2.22. The Bertz CT molecular complexity index is 670. The summed E-state index contributed by atoms with van der Waals surface area (Å²) < 4.78 is 23.9. The minimum absolute atomic E-state index is 0.00604. The molecular weight excluding hydrogens is 297 g/mol. The number of morpholine rings is 1. The molecule has 0 bridgehead atoms. The fourth-order valence-electron chi connectivity index (χ4n) is 2.49. The number of amides is 1. The van der Waals surface area contributed by atoms with E-state index in [-0.39, 0.29) is 17.8 Å². The third kappa shape index (κ3) is 3.87. The van der Waals surface area contributed by atoms with Gasteiger partial charge in [-0.25, -0.2) is 4.39 Å². The summed E-state index contributed by atoms with van der Waals surface area (Å²) >= 11 is 0. The number of hydrogen-bond acceptors (Lipinski definition) is 3. The SMILES string of the molecule is C[C@@H]1CN(C(=O)c2ccc(Oc3ccc(F)cc3)cc2)CCO1. The third-order valence-electron chi connectivity index (χ3n) is 3.68. The molecule has 1 amide bonds. The minimum atomic E-state index is -0.307. The quantitative estimate of drug-likeness (QED) is 0.870. The van der Waals surface area contributed by atoms with E-state index in [1.54, 1.807) is 41.3 Å². The van der Waals surface area contributed by atoms with Gasteiger partial charge in [0.15, 0.2) is 0 Å². The van der Waals surface area contributed by atoms with Crippen LogP contribution in [0.15, 0.2) is 48.5 Å². The molecule has 1 heterocycles. The molecule has 1 saturated heterocycles. The molecule has 1 fully saturated rings. The Kier molecular flexibility index (Phi) is 4.57. The number of halogens is 1. The van der Waals surface area contributed by atoms with E-state index in [1.165, 1.54) is 12.1 Å². The topological polar surface area (TPSA) is 38.8 Å². The molecule has 0 spiro atoms. The lowest BCUT2D eigenvalue weighted by molar-refractivity contribution is -0.0124. The average Bonchev–Trinajstić information content (AvgIpc) is 2.57. The van der Waals surface area contributed by atoms with Crippen molar-refractivity contribution in [2.24, 2.45) is 0 Å². The van der Waals surface area contributed by atoms with Gasteiger partial charge in [-0.3, -0.25) is 4.79 Å². The number of nitrogens with zero attached hydrogens (tertiary/aromatic N) is 1. The molecule has 2 aromatic carbocycles. The van der Waals surface area contributed by atoms with E-state index in [0.29, 0.717) is 36.8 Å². The lowest BCUT2D eigenvalue weighted by Gasteiger charge is -2.31. The Labute approximate surface area is 134 Å². The van der Waals surface area contributed by atoms with Gasteiger partial charge in [0.25, 0.3) is 5.91 Å². The highest BCUT2D eigenvalue weighted by atomic mass is 19.1. The molecule has 1 aliphatic rings. The maximum absolute atomic E-state index is 12.9. The number of rotatable bonds is 3. The van der Waals surface area contributed by atoms with E-state index < -0.39 is 0 Å². The van der Waals surface area contributed by atoms with Gasteiger partial charge >= 0.3 is 0 Å². The number of benzene rings is 2. The Morgan fingerprint density at radius 2 is 1.74 bits per heavy atom. The minimum Gasteiger partial charge on any atom is -0.457 e. The summed E-state index contributed by atoms with van der Waals surface area (Å²) in [6, 6.07) is 12.7. The highest BCUT2D eigenvalue weighted by Crippen LogP contribution is 2.22. The molecule has 0 N–H and O–H groups in total. The third-order valence-corrected chi connectivity index (χ3v) is 3.68. The molecule has 0 saturated carbocycles. The van der Waals surface area contributed by atoms with Crippen LogP contribution in [-0.4, -0.2) is 36.6 Å². The smallest absolute Gasteiger partial charge is 0.254 e. The van der Waals surface area contributed by atoms with Crippen molar-refractivity contribution >= 4 is 5.91 Å². The summed E-state index contributed by atoms with van der Waals surface area (Å²) in [5.74, 6) is 0.836. The molecule has 5 heteroatoms. The van der Waals surface area contributed by atoms with Gasteiger partial charge in [-0.2, -0.15) is 0 Å². The van der Waals surface area contributed by atoms with Crippen LogP contribution in [0.25, 0.3) is 0 Å². The maximum Gasteiger partial charge on any atom is 0.254 e. The van der Waals surface area contributed by atoms with E-state index in [2.05, 4.69) is 0 Å². The Morgan fingerprint density at radius 1 is 1.13 bits per heavy atom.